The van der Waals surface area contributed by atoms with Crippen LogP contribution in [-0.2, 0) is 0 Å². The van der Waals surface area contributed by atoms with E-state index in [2.05, 4.69) is 14.7 Å². The number of pyridine rings is 1. The van der Waals surface area contributed by atoms with E-state index < -0.39 is 5.97 Å². The lowest BCUT2D eigenvalue weighted by Crippen LogP contribution is -1.99. The van der Waals surface area contributed by atoms with E-state index in [1.165, 1.54) is 12.1 Å². The molecule has 4 rings (SSSR count). The number of hydrogen-bond donors (Lipinski definition) is 2. The first-order valence-corrected chi connectivity index (χ1v) is 9.76. The van der Waals surface area contributed by atoms with Gasteiger partial charge in [-0.3, -0.25) is 4.98 Å². The summed E-state index contributed by atoms with van der Waals surface area (Å²) in [6, 6.07) is 8.10. The van der Waals surface area contributed by atoms with Gasteiger partial charge in [0.25, 0.3) is 0 Å². The van der Waals surface area contributed by atoms with Gasteiger partial charge in [-0.25, -0.2) is 14.5 Å². The molecule has 0 saturated carbocycles. The van der Waals surface area contributed by atoms with Crippen LogP contribution in [0.1, 0.15) is 39.9 Å². The molecule has 0 atom stereocenters. The third-order valence-corrected chi connectivity index (χ3v) is 5.63. The second kappa shape index (κ2) is 7.73. The molecule has 0 aliphatic heterocycles. The lowest BCUT2D eigenvalue weighted by molar-refractivity contribution is 0.0697. The molecular weight excluding hydrogens is 428 g/mol. The summed E-state index contributed by atoms with van der Waals surface area (Å²) < 4.78 is 5.95. The Balaban J connectivity index is 1.82. The van der Waals surface area contributed by atoms with Gasteiger partial charge >= 0.3 is 5.97 Å². The molecule has 8 heteroatoms. The highest BCUT2D eigenvalue weighted by atomic mass is 35.5. The van der Waals surface area contributed by atoms with Crippen LogP contribution in [0, 0.1) is 20.1 Å². The van der Waals surface area contributed by atoms with Crippen molar-refractivity contribution in [3.63, 3.8) is 0 Å². The van der Waals surface area contributed by atoms with Crippen molar-refractivity contribution in [1.82, 2.24) is 4.98 Å². The lowest BCUT2D eigenvalue weighted by Gasteiger charge is -2.11. The normalized spacial score (nSPS) is 13.7. The van der Waals surface area contributed by atoms with Crippen molar-refractivity contribution in [2.75, 3.05) is 5.73 Å². The minimum Gasteiger partial charge on any atom is -0.478 e. The number of benzene rings is 1. The minimum absolute atomic E-state index is 0.0113. The predicted molar refractivity (Wildman–Crippen MR) is 123 cm³/mol. The number of carbonyl (C=O) groups is 1. The largest absolute Gasteiger partial charge is 0.478 e. The minimum atomic E-state index is -1.10. The molecule has 0 bridgehead atoms. The molecule has 0 amide bonds. The number of fused-ring (bicyclic) bond motifs is 1. The van der Waals surface area contributed by atoms with Crippen molar-refractivity contribution in [2.24, 2.45) is 0 Å². The number of nitrogen functional groups attached to an aromatic ring is 1. The predicted octanol–water partition coefficient (Wildman–Crippen LogP) is 6.34. The van der Waals surface area contributed by atoms with E-state index in [0.29, 0.717) is 39.6 Å². The summed E-state index contributed by atoms with van der Waals surface area (Å²) in [6.45, 7) is 18.6. The second-order valence-corrected chi connectivity index (χ2v) is 7.56. The summed E-state index contributed by atoms with van der Waals surface area (Å²) in [5.41, 5.74) is 10.5. The number of anilines is 1. The Bertz CT molecular complexity index is 1470. The van der Waals surface area contributed by atoms with Gasteiger partial charge in [0.05, 0.1) is 29.4 Å². The van der Waals surface area contributed by atoms with Crippen LogP contribution in [0.25, 0.3) is 38.4 Å². The van der Waals surface area contributed by atoms with Gasteiger partial charge in [-0.1, -0.05) is 17.7 Å². The van der Waals surface area contributed by atoms with Crippen LogP contribution in [0.4, 0.5) is 11.5 Å². The first-order valence-electron chi connectivity index (χ1n) is 9.38. The Morgan fingerprint density at radius 1 is 1.22 bits per heavy atom. The van der Waals surface area contributed by atoms with Gasteiger partial charge in [-0.05, 0) is 66.5 Å². The van der Waals surface area contributed by atoms with Gasteiger partial charge < -0.3 is 15.3 Å². The Morgan fingerprint density at radius 2 is 1.97 bits per heavy atom. The van der Waals surface area contributed by atoms with Crippen molar-refractivity contribution >= 4 is 46.4 Å². The Kier molecular flexibility index (Phi) is 5.06. The maximum absolute atomic E-state index is 11.2. The topological polar surface area (TPSA) is 98.1 Å². The number of halogens is 1. The summed E-state index contributed by atoms with van der Waals surface area (Å²) in [4.78, 5) is 22.6. The first-order chi connectivity index (χ1) is 15.3. The fourth-order valence-electron chi connectivity index (χ4n) is 3.74. The van der Waals surface area contributed by atoms with E-state index in [4.69, 9.17) is 40.0 Å². The Labute approximate surface area is 188 Å². The number of aromatic nitrogens is 1. The van der Waals surface area contributed by atoms with E-state index in [9.17, 15) is 4.79 Å². The molecule has 0 fully saturated rings. The van der Waals surface area contributed by atoms with Gasteiger partial charge in [0, 0.05) is 5.56 Å². The van der Waals surface area contributed by atoms with Crippen LogP contribution in [0.2, 0.25) is 5.02 Å². The molecule has 1 aliphatic carbocycles. The number of allylic oxidation sites excluding steroid dienone is 2. The molecule has 0 radical (unpaired) electrons. The second-order valence-electron chi connectivity index (χ2n) is 7.15. The molecule has 0 spiro atoms. The van der Waals surface area contributed by atoms with Crippen molar-refractivity contribution in [3.05, 3.63) is 91.9 Å². The van der Waals surface area contributed by atoms with E-state index in [1.807, 2.05) is 6.92 Å². The zero-order valence-corrected chi connectivity index (χ0v) is 17.8. The van der Waals surface area contributed by atoms with E-state index >= 15 is 0 Å². The highest BCUT2D eigenvalue weighted by molar-refractivity contribution is 6.33. The number of rotatable bonds is 3. The summed E-state index contributed by atoms with van der Waals surface area (Å²) in [7, 11) is 0. The number of carboxylic acids is 1. The van der Waals surface area contributed by atoms with Crippen LogP contribution in [0.15, 0.2) is 40.3 Å². The number of furan rings is 1. The Morgan fingerprint density at radius 3 is 2.59 bits per heavy atom. The SMILES string of the molecule is [C-]#[N+]C1=C(C)/C(=C\c2ccc(-c3ccc(C(=O)O)c(Cl)c3)o2)c2c1nc(N)c([N+]#[C-])c2C. The summed E-state index contributed by atoms with van der Waals surface area (Å²) >= 11 is 6.07. The molecule has 2 heterocycles. The van der Waals surface area contributed by atoms with Crippen LogP contribution in [0.3, 0.4) is 0 Å². The van der Waals surface area contributed by atoms with Crippen molar-refractivity contribution in [1.29, 1.82) is 0 Å². The van der Waals surface area contributed by atoms with Crippen LogP contribution < -0.4 is 5.73 Å². The molecule has 1 aliphatic rings. The smallest absolute Gasteiger partial charge is 0.337 e. The molecule has 156 valence electrons. The molecule has 1 aromatic carbocycles. The Hall–Kier alpha value is -4.33. The lowest BCUT2D eigenvalue weighted by atomic mass is 9.98. The molecule has 3 N–H and O–H groups in total. The molecule has 0 unspecified atom stereocenters. The maximum atomic E-state index is 11.2. The van der Waals surface area contributed by atoms with Gasteiger partial charge in [0.15, 0.2) is 0 Å². The van der Waals surface area contributed by atoms with Gasteiger partial charge in [0.2, 0.25) is 11.4 Å². The third-order valence-electron chi connectivity index (χ3n) is 5.32. The van der Waals surface area contributed by atoms with E-state index in [0.717, 1.165) is 11.1 Å². The van der Waals surface area contributed by atoms with E-state index in [-0.39, 0.29) is 22.1 Å². The summed E-state index contributed by atoms with van der Waals surface area (Å²) in [6.07, 6.45) is 1.79. The fourth-order valence-corrected chi connectivity index (χ4v) is 4.00. The average molecular weight is 443 g/mol. The first kappa shape index (κ1) is 20.9. The third kappa shape index (κ3) is 3.22. The summed E-state index contributed by atoms with van der Waals surface area (Å²) in [5, 5.41) is 9.26. The van der Waals surface area contributed by atoms with E-state index in [1.54, 1.807) is 31.2 Å². The number of nitrogens with two attached hydrogens (primary N) is 1. The quantitative estimate of drug-likeness (QED) is 0.461. The summed E-state index contributed by atoms with van der Waals surface area (Å²) in [5.74, 6) is 0.0292. The zero-order valence-electron chi connectivity index (χ0n) is 17.0. The molecule has 3 aromatic rings. The average Bonchev–Trinajstić information content (AvgIpc) is 3.31. The van der Waals surface area contributed by atoms with Crippen molar-refractivity contribution < 1.29 is 14.3 Å². The van der Waals surface area contributed by atoms with Gasteiger partial charge in [-0.2, -0.15) is 0 Å². The van der Waals surface area contributed by atoms with Crippen LogP contribution >= 0.6 is 11.6 Å². The van der Waals surface area contributed by atoms with Crippen LogP contribution in [-0.4, -0.2) is 16.1 Å². The fraction of sp³-hybridized carbons (Fsp3) is 0.0833. The molecule has 2 aromatic heterocycles. The van der Waals surface area contributed by atoms with Gasteiger partial charge in [0.1, 0.15) is 17.3 Å². The number of aromatic carboxylic acids is 1. The molecule has 0 saturated heterocycles. The standard InChI is InChI=1S/C24H15ClN4O3/c1-11-16(19-12(2)21(28-4)23(26)29-22(19)20(11)27-3)10-14-6-8-18(32-14)13-5-7-15(24(30)31)17(25)9-13/h5-10H,1-2H3,(H2,26,29)(H,30,31)/b16-10+. The monoisotopic (exact) mass is 442 g/mol. The molecule has 32 heavy (non-hydrogen) atoms. The number of hydrogen-bond acceptors (Lipinski definition) is 4. The number of nitrogens with zero attached hydrogens (tertiary/aromatic N) is 3. The zero-order chi connectivity index (χ0) is 23.2. The highest BCUT2D eigenvalue weighted by Crippen LogP contribution is 2.47. The highest BCUT2D eigenvalue weighted by Gasteiger charge is 2.30. The van der Waals surface area contributed by atoms with Crippen molar-refractivity contribution in [3.8, 4) is 11.3 Å². The van der Waals surface area contributed by atoms with Crippen molar-refractivity contribution in [2.45, 2.75) is 13.8 Å². The van der Waals surface area contributed by atoms with Gasteiger partial charge in [-0.15, -0.1) is 0 Å². The molecular formula is C24H15ClN4O3. The maximum Gasteiger partial charge on any atom is 0.337 e. The molecule has 7 nitrogen and oxygen atoms in total. The van der Waals surface area contributed by atoms with Crippen LogP contribution in [0.5, 0.6) is 0 Å². The number of carboxylic acid groups (broad SMARTS) is 1.